The lowest BCUT2D eigenvalue weighted by atomic mass is 10.0. The molecular formula is C10H13BrO4. The van der Waals surface area contributed by atoms with Crippen molar-refractivity contribution in [1.82, 2.24) is 0 Å². The van der Waals surface area contributed by atoms with E-state index in [9.17, 15) is 15.3 Å². The molecule has 0 fully saturated rings. The second-order valence-corrected chi connectivity index (χ2v) is 4.14. The molecule has 0 radical (unpaired) electrons. The average molecular weight is 277 g/mol. The topological polar surface area (TPSA) is 80.9 Å². The SMILES string of the molecule is OCCC(O)C(O)c1ccc(Br)cc1O. The molecule has 0 aliphatic rings. The van der Waals surface area contributed by atoms with Gasteiger partial charge in [-0.2, -0.15) is 0 Å². The minimum atomic E-state index is -1.19. The van der Waals surface area contributed by atoms with Crippen LogP contribution in [0.15, 0.2) is 22.7 Å². The highest BCUT2D eigenvalue weighted by Gasteiger charge is 2.20. The van der Waals surface area contributed by atoms with Crippen molar-refractivity contribution in [3.8, 4) is 5.75 Å². The van der Waals surface area contributed by atoms with Crippen molar-refractivity contribution in [1.29, 1.82) is 0 Å². The van der Waals surface area contributed by atoms with Crippen LogP contribution in [0.1, 0.15) is 18.1 Å². The molecule has 0 spiro atoms. The fourth-order valence-corrected chi connectivity index (χ4v) is 1.61. The van der Waals surface area contributed by atoms with Crippen molar-refractivity contribution in [3.63, 3.8) is 0 Å². The number of hydrogen-bond donors (Lipinski definition) is 4. The Hall–Kier alpha value is -0.620. The summed E-state index contributed by atoms with van der Waals surface area (Å²) in [6.07, 6.45) is -2.20. The summed E-state index contributed by atoms with van der Waals surface area (Å²) in [6, 6.07) is 4.61. The standard InChI is InChI=1S/C10H13BrO4/c11-6-1-2-7(9(14)5-6)10(15)8(13)3-4-12/h1-2,5,8,10,12-15H,3-4H2. The Morgan fingerprint density at radius 1 is 1.27 bits per heavy atom. The number of halogens is 1. The van der Waals surface area contributed by atoms with Gasteiger partial charge in [0.05, 0.1) is 6.10 Å². The van der Waals surface area contributed by atoms with Gasteiger partial charge in [0.15, 0.2) is 0 Å². The average Bonchev–Trinajstić information content (AvgIpc) is 2.17. The number of aliphatic hydroxyl groups is 3. The smallest absolute Gasteiger partial charge is 0.122 e. The zero-order chi connectivity index (χ0) is 11.4. The number of benzene rings is 1. The molecular weight excluding hydrogens is 264 g/mol. The van der Waals surface area contributed by atoms with Crippen LogP contribution >= 0.6 is 15.9 Å². The van der Waals surface area contributed by atoms with Crippen LogP contribution in [-0.4, -0.2) is 33.1 Å². The van der Waals surface area contributed by atoms with Crippen LogP contribution in [0.4, 0.5) is 0 Å². The third-order valence-corrected chi connectivity index (χ3v) is 2.59. The first-order chi connectivity index (χ1) is 7.06. The third kappa shape index (κ3) is 3.17. The van der Waals surface area contributed by atoms with Crippen LogP contribution in [0.2, 0.25) is 0 Å². The fourth-order valence-electron chi connectivity index (χ4n) is 1.26. The molecule has 0 saturated carbocycles. The van der Waals surface area contributed by atoms with Gasteiger partial charge in [-0.3, -0.25) is 0 Å². The molecule has 0 aliphatic carbocycles. The second-order valence-electron chi connectivity index (χ2n) is 3.23. The van der Waals surface area contributed by atoms with E-state index in [2.05, 4.69) is 15.9 Å². The molecule has 0 heterocycles. The van der Waals surface area contributed by atoms with Gasteiger partial charge in [-0.05, 0) is 18.6 Å². The first-order valence-electron chi connectivity index (χ1n) is 4.51. The number of hydrogen-bond acceptors (Lipinski definition) is 4. The van der Waals surface area contributed by atoms with Gasteiger partial charge in [-0.15, -0.1) is 0 Å². The first-order valence-corrected chi connectivity index (χ1v) is 5.31. The van der Waals surface area contributed by atoms with E-state index in [-0.39, 0.29) is 24.3 Å². The van der Waals surface area contributed by atoms with E-state index < -0.39 is 12.2 Å². The predicted molar refractivity (Wildman–Crippen MR) is 58.5 cm³/mol. The summed E-state index contributed by atoms with van der Waals surface area (Å²) in [6.45, 7) is -0.213. The van der Waals surface area contributed by atoms with Crippen molar-refractivity contribution in [3.05, 3.63) is 28.2 Å². The summed E-state index contributed by atoms with van der Waals surface area (Å²) in [5.41, 5.74) is 0.249. The van der Waals surface area contributed by atoms with Gasteiger partial charge in [0.1, 0.15) is 11.9 Å². The summed E-state index contributed by atoms with van der Waals surface area (Å²) in [5, 5.41) is 37.2. The molecule has 2 unspecified atom stereocenters. The van der Waals surface area contributed by atoms with Crippen molar-refractivity contribution >= 4 is 15.9 Å². The van der Waals surface area contributed by atoms with Gasteiger partial charge < -0.3 is 20.4 Å². The fraction of sp³-hybridized carbons (Fsp3) is 0.400. The molecule has 5 heteroatoms. The largest absolute Gasteiger partial charge is 0.508 e. The normalized spacial score (nSPS) is 14.9. The van der Waals surface area contributed by atoms with Gasteiger partial charge >= 0.3 is 0 Å². The molecule has 4 nitrogen and oxygen atoms in total. The van der Waals surface area contributed by atoms with Gasteiger partial charge in [0.25, 0.3) is 0 Å². The molecule has 1 aromatic carbocycles. The lowest BCUT2D eigenvalue weighted by Crippen LogP contribution is -2.19. The minimum Gasteiger partial charge on any atom is -0.508 e. The quantitative estimate of drug-likeness (QED) is 0.660. The summed E-state index contributed by atoms with van der Waals surface area (Å²) >= 11 is 3.17. The van der Waals surface area contributed by atoms with Crippen LogP contribution < -0.4 is 0 Å². The van der Waals surface area contributed by atoms with E-state index >= 15 is 0 Å². The summed E-state index contributed by atoms with van der Waals surface area (Å²) in [7, 11) is 0. The molecule has 0 bridgehead atoms. The van der Waals surface area contributed by atoms with Crippen LogP contribution in [0.3, 0.4) is 0 Å². The molecule has 4 N–H and O–H groups in total. The maximum atomic E-state index is 9.66. The Balaban J connectivity index is 2.86. The van der Waals surface area contributed by atoms with Crippen LogP contribution in [0.5, 0.6) is 5.75 Å². The van der Waals surface area contributed by atoms with Crippen molar-refractivity contribution < 1.29 is 20.4 Å². The summed E-state index contributed by atoms with van der Waals surface area (Å²) in [4.78, 5) is 0. The molecule has 0 aromatic heterocycles. The molecule has 0 aliphatic heterocycles. The maximum Gasteiger partial charge on any atom is 0.122 e. The van der Waals surface area contributed by atoms with Gasteiger partial charge in [-0.1, -0.05) is 22.0 Å². The molecule has 1 rings (SSSR count). The van der Waals surface area contributed by atoms with E-state index in [1.807, 2.05) is 0 Å². The van der Waals surface area contributed by atoms with Crippen LogP contribution in [-0.2, 0) is 0 Å². The van der Waals surface area contributed by atoms with E-state index in [1.165, 1.54) is 12.1 Å². The Morgan fingerprint density at radius 2 is 1.93 bits per heavy atom. The molecule has 2 atom stereocenters. The monoisotopic (exact) mass is 276 g/mol. The number of aliphatic hydroxyl groups excluding tert-OH is 3. The molecule has 15 heavy (non-hydrogen) atoms. The number of aromatic hydroxyl groups is 1. The minimum absolute atomic E-state index is 0.0661. The first kappa shape index (κ1) is 12.4. The lowest BCUT2D eigenvalue weighted by molar-refractivity contribution is 0.00304. The third-order valence-electron chi connectivity index (χ3n) is 2.10. The van der Waals surface area contributed by atoms with E-state index in [0.29, 0.717) is 4.47 Å². The van der Waals surface area contributed by atoms with E-state index in [0.717, 1.165) is 0 Å². The van der Waals surface area contributed by atoms with Gasteiger partial charge in [0.2, 0.25) is 0 Å². The number of phenols is 1. The van der Waals surface area contributed by atoms with E-state index in [1.54, 1.807) is 6.07 Å². The van der Waals surface area contributed by atoms with Gasteiger partial charge in [-0.25, -0.2) is 0 Å². The zero-order valence-corrected chi connectivity index (χ0v) is 9.55. The van der Waals surface area contributed by atoms with Crippen molar-refractivity contribution in [2.45, 2.75) is 18.6 Å². The van der Waals surface area contributed by atoms with Gasteiger partial charge in [0, 0.05) is 16.6 Å². The van der Waals surface area contributed by atoms with Crippen molar-refractivity contribution in [2.75, 3.05) is 6.61 Å². The Bertz CT molecular complexity index is 329. The Morgan fingerprint density at radius 3 is 2.47 bits per heavy atom. The Labute approximate surface area is 95.9 Å². The highest BCUT2D eigenvalue weighted by molar-refractivity contribution is 9.10. The Kier molecular flexibility index (Phi) is 4.53. The number of rotatable bonds is 4. The maximum absolute atomic E-state index is 9.66. The van der Waals surface area contributed by atoms with E-state index in [4.69, 9.17) is 5.11 Å². The summed E-state index contributed by atoms with van der Waals surface area (Å²) in [5.74, 6) is -0.0890. The molecule has 0 amide bonds. The molecule has 0 saturated heterocycles. The van der Waals surface area contributed by atoms with Crippen LogP contribution in [0, 0.1) is 0 Å². The predicted octanol–water partition coefficient (Wildman–Crippen LogP) is 0.931. The lowest BCUT2D eigenvalue weighted by Gasteiger charge is -2.18. The number of phenolic OH excluding ortho intramolecular Hbond substituents is 1. The second kappa shape index (κ2) is 5.46. The highest BCUT2D eigenvalue weighted by Crippen LogP contribution is 2.29. The van der Waals surface area contributed by atoms with Crippen LogP contribution in [0.25, 0.3) is 0 Å². The molecule has 84 valence electrons. The summed E-state index contributed by atoms with van der Waals surface area (Å²) < 4.78 is 0.688. The zero-order valence-electron chi connectivity index (χ0n) is 7.97. The highest BCUT2D eigenvalue weighted by atomic mass is 79.9. The molecule has 1 aromatic rings. The van der Waals surface area contributed by atoms with Crippen molar-refractivity contribution in [2.24, 2.45) is 0 Å².